The van der Waals surface area contributed by atoms with Gasteiger partial charge in [0.1, 0.15) is 0 Å². The molecule has 0 radical (unpaired) electrons. The van der Waals surface area contributed by atoms with E-state index >= 15 is 0 Å². The molecule has 0 saturated carbocycles. The number of hydrogen-bond acceptors (Lipinski definition) is 4. The third-order valence-corrected chi connectivity index (χ3v) is 4.74. The van der Waals surface area contributed by atoms with Crippen LogP contribution in [-0.4, -0.2) is 66.3 Å². The fraction of sp³-hybridized carbons (Fsp3) is 0.611. The van der Waals surface area contributed by atoms with Crippen LogP contribution in [0.1, 0.15) is 35.2 Å². The van der Waals surface area contributed by atoms with Crippen LogP contribution in [0, 0.1) is 0 Å². The molecule has 2 heterocycles. The summed E-state index contributed by atoms with van der Waals surface area (Å²) in [6.45, 7) is 6.69. The van der Waals surface area contributed by atoms with E-state index in [1.54, 1.807) is 12.1 Å². The number of likely N-dealkylation sites (tertiary alicyclic amines) is 1. The lowest BCUT2D eigenvalue weighted by Crippen LogP contribution is -2.39. The highest BCUT2D eigenvalue weighted by atomic mass is 16.5. The Labute approximate surface area is 137 Å². The van der Waals surface area contributed by atoms with E-state index in [1.807, 2.05) is 12.1 Å². The third-order valence-electron chi connectivity index (χ3n) is 4.74. The monoisotopic (exact) mass is 318 g/mol. The summed E-state index contributed by atoms with van der Waals surface area (Å²) in [4.78, 5) is 16.2. The predicted molar refractivity (Wildman–Crippen MR) is 88.7 cm³/mol. The van der Waals surface area contributed by atoms with Crippen molar-refractivity contribution in [2.45, 2.75) is 31.9 Å². The number of ether oxygens (including phenoxy) is 1. The summed E-state index contributed by atoms with van der Waals surface area (Å²) in [5.74, 6) is -0.847. The topological polar surface area (TPSA) is 53.0 Å². The van der Waals surface area contributed by atoms with Crippen LogP contribution in [0.5, 0.6) is 0 Å². The molecule has 5 heteroatoms. The molecular formula is C18H26N2O3. The van der Waals surface area contributed by atoms with E-state index < -0.39 is 5.97 Å². The molecule has 2 fully saturated rings. The summed E-state index contributed by atoms with van der Waals surface area (Å²) in [6, 6.07) is 7.31. The second kappa shape index (κ2) is 7.90. The first kappa shape index (κ1) is 16.4. The van der Waals surface area contributed by atoms with E-state index in [1.165, 1.54) is 25.9 Å². The van der Waals surface area contributed by atoms with Crippen molar-refractivity contribution in [3.8, 4) is 0 Å². The number of carboxylic acid groups (broad SMARTS) is 1. The Hall–Kier alpha value is -1.43. The van der Waals surface area contributed by atoms with E-state index in [4.69, 9.17) is 4.74 Å². The normalized spacial score (nSPS) is 23.7. The number of carbonyl (C=O) groups is 1. The molecule has 0 amide bonds. The van der Waals surface area contributed by atoms with Crippen molar-refractivity contribution in [3.05, 3.63) is 35.4 Å². The third kappa shape index (κ3) is 4.53. The van der Waals surface area contributed by atoms with Gasteiger partial charge >= 0.3 is 5.97 Å². The Balaban J connectivity index is 1.63. The van der Waals surface area contributed by atoms with Gasteiger partial charge in [0.25, 0.3) is 0 Å². The van der Waals surface area contributed by atoms with Gasteiger partial charge in [-0.05, 0) is 44.0 Å². The molecule has 2 saturated heterocycles. The second-order valence-corrected chi connectivity index (χ2v) is 6.55. The smallest absolute Gasteiger partial charge is 0.336 e. The molecule has 2 aliphatic rings. The van der Waals surface area contributed by atoms with Crippen molar-refractivity contribution in [1.82, 2.24) is 9.80 Å². The molecular weight excluding hydrogens is 292 g/mol. The zero-order valence-electron chi connectivity index (χ0n) is 13.6. The number of rotatable bonds is 5. The van der Waals surface area contributed by atoms with Crippen LogP contribution in [-0.2, 0) is 11.3 Å². The highest BCUT2D eigenvalue weighted by Crippen LogP contribution is 2.16. The summed E-state index contributed by atoms with van der Waals surface area (Å²) in [5.41, 5.74) is 1.30. The molecule has 1 N–H and O–H groups in total. The summed E-state index contributed by atoms with van der Waals surface area (Å²) in [5, 5.41) is 9.34. The SMILES string of the molecule is O=C(O)c1ccccc1CN1CCCOC(CN2CCCC2)C1. The molecule has 1 unspecified atom stereocenters. The molecule has 0 aliphatic carbocycles. The maximum Gasteiger partial charge on any atom is 0.336 e. The van der Waals surface area contributed by atoms with Crippen LogP contribution in [0.4, 0.5) is 0 Å². The van der Waals surface area contributed by atoms with Gasteiger partial charge in [0.2, 0.25) is 0 Å². The Morgan fingerprint density at radius 3 is 2.65 bits per heavy atom. The van der Waals surface area contributed by atoms with Crippen LogP contribution >= 0.6 is 0 Å². The van der Waals surface area contributed by atoms with Gasteiger partial charge in [-0.15, -0.1) is 0 Å². The highest BCUT2D eigenvalue weighted by Gasteiger charge is 2.23. The number of aromatic carboxylic acids is 1. The Morgan fingerprint density at radius 2 is 1.87 bits per heavy atom. The molecule has 1 aromatic rings. The van der Waals surface area contributed by atoms with E-state index in [2.05, 4.69) is 9.80 Å². The van der Waals surface area contributed by atoms with Gasteiger partial charge in [-0.1, -0.05) is 18.2 Å². The molecule has 2 aliphatic heterocycles. The van der Waals surface area contributed by atoms with Crippen molar-refractivity contribution >= 4 is 5.97 Å². The molecule has 126 valence electrons. The Bertz CT molecular complexity index is 529. The van der Waals surface area contributed by atoms with E-state index in [9.17, 15) is 9.90 Å². The van der Waals surface area contributed by atoms with Crippen LogP contribution in [0.3, 0.4) is 0 Å². The van der Waals surface area contributed by atoms with Crippen molar-refractivity contribution in [3.63, 3.8) is 0 Å². The first-order chi connectivity index (χ1) is 11.2. The van der Waals surface area contributed by atoms with E-state index in [0.717, 1.165) is 38.2 Å². The van der Waals surface area contributed by atoms with Gasteiger partial charge in [-0.2, -0.15) is 0 Å². The summed E-state index contributed by atoms with van der Waals surface area (Å²) in [6.07, 6.45) is 3.82. The molecule has 3 rings (SSSR count). The first-order valence-corrected chi connectivity index (χ1v) is 8.60. The quantitative estimate of drug-likeness (QED) is 0.901. The predicted octanol–water partition coefficient (Wildman–Crippen LogP) is 2.07. The zero-order chi connectivity index (χ0) is 16.1. The van der Waals surface area contributed by atoms with E-state index in [-0.39, 0.29) is 6.10 Å². The average molecular weight is 318 g/mol. The largest absolute Gasteiger partial charge is 0.478 e. The van der Waals surface area contributed by atoms with Crippen LogP contribution < -0.4 is 0 Å². The maximum atomic E-state index is 11.4. The Kier molecular flexibility index (Phi) is 5.65. The van der Waals surface area contributed by atoms with Crippen molar-refractivity contribution in [1.29, 1.82) is 0 Å². The number of hydrogen-bond donors (Lipinski definition) is 1. The van der Waals surface area contributed by atoms with Crippen molar-refractivity contribution in [2.24, 2.45) is 0 Å². The molecule has 1 aromatic carbocycles. The average Bonchev–Trinajstić information content (AvgIpc) is 2.94. The van der Waals surface area contributed by atoms with Gasteiger partial charge in [0.05, 0.1) is 11.7 Å². The van der Waals surface area contributed by atoms with Crippen molar-refractivity contribution < 1.29 is 14.6 Å². The van der Waals surface area contributed by atoms with Crippen LogP contribution in [0.15, 0.2) is 24.3 Å². The van der Waals surface area contributed by atoms with Gasteiger partial charge in [-0.25, -0.2) is 4.79 Å². The molecule has 0 spiro atoms. The summed E-state index contributed by atoms with van der Waals surface area (Å²) in [7, 11) is 0. The molecule has 5 nitrogen and oxygen atoms in total. The van der Waals surface area contributed by atoms with Crippen LogP contribution in [0.2, 0.25) is 0 Å². The molecule has 0 aromatic heterocycles. The summed E-state index contributed by atoms with van der Waals surface area (Å²) >= 11 is 0. The minimum Gasteiger partial charge on any atom is -0.478 e. The van der Waals surface area contributed by atoms with Crippen LogP contribution in [0.25, 0.3) is 0 Å². The van der Waals surface area contributed by atoms with Gasteiger partial charge < -0.3 is 14.7 Å². The second-order valence-electron chi connectivity index (χ2n) is 6.55. The number of carboxylic acids is 1. The molecule has 1 atom stereocenters. The van der Waals surface area contributed by atoms with Gasteiger partial charge in [-0.3, -0.25) is 4.90 Å². The number of nitrogens with zero attached hydrogens (tertiary/aromatic N) is 2. The minimum atomic E-state index is -0.847. The standard InChI is InChI=1S/C18H26N2O3/c21-18(22)17-7-2-1-6-15(17)12-20-10-5-11-23-16(14-20)13-19-8-3-4-9-19/h1-2,6-7,16H,3-5,8-14H2,(H,21,22). The maximum absolute atomic E-state index is 11.4. The summed E-state index contributed by atoms with van der Waals surface area (Å²) < 4.78 is 6.01. The highest BCUT2D eigenvalue weighted by molar-refractivity contribution is 5.89. The lowest BCUT2D eigenvalue weighted by Gasteiger charge is -2.27. The first-order valence-electron chi connectivity index (χ1n) is 8.60. The zero-order valence-corrected chi connectivity index (χ0v) is 13.6. The molecule has 23 heavy (non-hydrogen) atoms. The fourth-order valence-corrected chi connectivity index (χ4v) is 3.59. The minimum absolute atomic E-state index is 0.229. The van der Waals surface area contributed by atoms with Gasteiger partial charge in [0.15, 0.2) is 0 Å². The van der Waals surface area contributed by atoms with E-state index in [0.29, 0.717) is 12.1 Å². The van der Waals surface area contributed by atoms with Crippen molar-refractivity contribution in [2.75, 3.05) is 39.3 Å². The Morgan fingerprint density at radius 1 is 1.13 bits per heavy atom. The van der Waals surface area contributed by atoms with Gasteiger partial charge in [0, 0.05) is 32.8 Å². The number of benzene rings is 1. The lowest BCUT2D eigenvalue weighted by molar-refractivity contribution is 0.0307. The lowest BCUT2D eigenvalue weighted by atomic mass is 10.1. The molecule has 0 bridgehead atoms. The fourth-order valence-electron chi connectivity index (χ4n) is 3.59.